The molecule has 7 nitrogen and oxygen atoms in total. The number of carbonyl (C=O) groups is 1. The van der Waals surface area contributed by atoms with E-state index < -0.39 is 11.5 Å². The molecule has 40 heavy (non-hydrogen) atoms. The Kier molecular flexibility index (Phi) is 7.89. The van der Waals surface area contributed by atoms with Crippen molar-refractivity contribution in [3.63, 3.8) is 0 Å². The summed E-state index contributed by atoms with van der Waals surface area (Å²) in [4.78, 5) is 26.9. The number of para-hydroxylation sites is 1. The minimum Gasteiger partial charge on any atom is -0.497 e. The van der Waals surface area contributed by atoms with Gasteiger partial charge in [-0.2, -0.15) is 5.26 Å². The van der Waals surface area contributed by atoms with Crippen molar-refractivity contribution in [1.29, 1.82) is 5.26 Å². The highest BCUT2D eigenvalue weighted by Gasteiger charge is 2.18. The number of furan rings is 1. The number of rotatable bonds is 6. The van der Waals surface area contributed by atoms with Crippen LogP contribution in [0.5, 0.6) is 5.75 Å². The van der Waals surface area contributed by atoms with E-state index in [0.29, 0.717) is 44.3 Å². The molecule has 10 heteroatoms. The van der Waals surface area contributed by atoms with Crippen LogP contribution in [0.25, 0.3) is 28.7 Å². The summed E-state index contributed by atoms with van der Waals surface area (Å²) >= 11 is 13.4. The third-order valence-electron chi connectivity index (χ3n) is 5.81. The lowest BCUT2D eigenvalue weighted by Gasteiger charge is -2.07. The number of ether oxygens (including phenoxy) is 1. The zero-order valence-corrected chi connectivity index (χ0v) is 23.2. The van der Waals surface area contributed by atoms with Crippen LogP contribution in [-0.4, -0.2) is 17.6 Å². The smallest absolute Gasteiger partial charge is 0.273 e. The number of halogens is 2. The van der Waals surface area contributed by atoms with Crippen LogP contribution in [0.1, 0.15) is 5.76 Å². The van der Waals surface area contributed by atoms with Crippen molar-refractivity contribution in [3.8, 4) is 28.8 Å². The first-order chi connectivity index (χ1) is 19.4. The van der Waals surface area contributed by atoms with Crippen molar-refractivity contribution in [1.82, 2.24) is 4.57 Å². The lowest BCUT2D eigenvalue weighted by Crippen LogP contribution is -2.32. The molecule has 2 heterocycles. The number of hydrogen-bond acceptors (Lipinski definition) is 6. The van der Waals surface area contributed by atoms with Gasteiger partial charge in [-0.05, 0) is 54.6 Å². The van der Waals surface area contributed by atoms with Gasteiger partial charge in [-0.3, -0.25) is 14.2 Å². The highest BCUT2D eigenvalue weighted by Crippen LogP contribution is 2.32. The Hall–Kier alpha value is -4.55. The predicted molar refractivity (Wildman–Crippen MR) is 158 cm³/mol. The van der Waals surface area contributed by atoms with E-state index in [0.717, 1.165) is 11.3 Å². The van der Waals surface area contributed by atoms with E-state index in [1.807, 2.05) is 12.1 Å². The number of nitrogens with zero attached hydrogens (tertiary/aromatic N) is 2. The molecule has 0 aliphatic carbocycles. The van der Waals surface area contributed by atoms with Crippen LogP contribution in [0.2, 0.25) is 10.0 Å². The fraction of sp³-hybridized carbons (Fsp3) is 0.0333. The van der Waals surface area contributed by atoms with Gasteiger partial charge in [0.25, 0.3) is 11.5 Å². The fourth-order valence-electron chi connectivity index (χ4n) is 3.94. The molecule has 0 radical (unpaired) electrons. The van der Waals surface area contributed by atoms with E-state index in [1.54, 1.807) is 84.9 Å². The lowest BCUT2D eigenvalue weighted by atomic mass is 10.2. The molecule has 0 unspecified atom stereocenters. The number of benzene rings is 3. The second-order valence-electron chi connectivity index (χ2n) is 8.39. The van der Waals surface area contributed by atoms with E-state index in [1.165, 1.54) is 11.7 Å². The minimum absolute atomic E-state index is 0.176. The van der Waals surface area contributed by atoms with Gasteiger partial charge >= 0.3 is 0 Å². The lowest BCUT2D eigenvalue weighted by molar-refractivity contribution is -0.111. The zero-order chi connectivity index (χ0) is 28.2. The van der Waals surface area contributed by atoms with Gasteiger partial charge < -0.3 is 14.5 Å². The van der Waals surface area contributed by atoms with Gasteiger partial charge in [0.15, 0.2) is 5.57 Å². The van der Waals surface area contributed by atoms with Crippen LogP contribution in [0.15, 0.2) is 94.1 Å². The maximum atomic E-state index is 13.6. The molecule has 0 bridgehead atoms. The molecule has 198 valence electrons. The number of hydrogen-bond donors (Lipinski definition) is 1. The number of methoxy groups -OCH3 is 1. The van der Waals surface area contributed by atoms with Crippen molar-refractivity contribution >= 4 is 57.8 Å². The maximum absolute atomic E-state index is 13.6. The number of nitrogens with one attached hydrogen (secondary N) is 1. The molecule has 2 aromatic heterocycles. The Balaban J connectivity index is 1.65. The SMILES string of the molecule is COc1cccc(NC(=O)C(C#N)=c2sc(=Cc3ccc(-c4cc(Cl)ccc4Cl)o3)c(=O)n2-c2ccccc2)c1. The molecule has 1 N–H and O–H groups in total. The van der Waals surface area contributed by atoms with Crippen LogP contribution in [-0.2, 0) is 4.79 Å². The minimum atomic E-state index is -0.663. The fourth-order valence-corrected chi connectivity index (χ4v) is 5.41. The molecule has 0 saturated carbocycles. The third-order valence-corrected chi connectivity index (χ3v) is 7.47. The molecule has 0 fully saturated rings. The summed E-state index contributed by atoms with van der Waals surface area (Å²) in [5.74, 6) is 0.739. The molecular weight excluding hydrogens is 569 g/mol. The topological polar surface area (TPSA) is 97.3 Å². The molecule has 5 rings (SSSR count). The van der Waals surface area contributed by atoms with Crippen molar-refractivity contribution in [2.75, 3.05) is 12.4 Å². The van der Waals surface area contributed by atoms with Gasteiger partial charge in [0, 0.05) is 28.4 Å². The predicted octanol–water partition coefficient (Wildman–Crippen LogP) is 5.62. The van der Waals surface area contributed by atoms with Crippen LogP contribution in [0.4, 0.5) is 5.69 Å². The van der Waals surface area contributed by atoms with E-state index in [2.05, 4.69) is 5.32 Å². The van der Waals surface area contributed by atoms with Crippen molar-refractivity contribution in [3.05, 3.63) is 120 Å². The summed E-state index contributed by atoms with van der Waals surface area (Å²) in [5.41, 5.74) is 0.922. The first kappa shape index (κ1) is 27.0. The number of amides is 1. The number of aromatic nitrogens is 1. The maximum Gasteiger partial charge on any atom is 0.273 e. The van der Waals surface area contributed by atoms with Gasteiger partial charge in [0.1, 0.15) is 28.0 Å². The molecule has 5 aromatic rings. The number of anilines is 1. The van der Waals surface area contributed by atoms with Crippen molar-refractivity contribution in [2.45, 2.75) is 0 Å². The summed E-state index contributed by atoms with van der Waals surface area (Å²) in [6.45, 7) is 0. The van der Waals surface area contributed by atoms with Gasteiger partial charge in [0.2, 0.25) is 0 Å². The van der Waals surface area contributed by atoms with E-state index in [4.69, 9.17) is 32.4 Å². The second kappa shape index (κ2) is 11.7. The highest BCUT2D eigenvalue weighted by molar-refractivity contribution is 7.07. The molecule has 0 saturated heterocycles. The molecular formula is C30H19Cl2N3O4S. The molecule has 0 aliphatic rings. The third kappa shape index (κ3) is 5.58. The standard InChI is InChI=1S/C30H19Cl2N3O4S/c1-38-21-9-5-6-19(15-21)34-28(36)24(17-33)30-35(20-7-3-2-4-8-20)29(37)27(40-30)16-22-11-13-26(39-22)23-14-18(31)10-12-25(23)32/h2-16H,1H3,(H,34,36). The monoisotopic (exact) mass is 587 g/mol. The zero-order valence-electron chi connectivity index (χ0n) is 20.9. The van der Waals surface area contributed by atoms with Gasteiger partial charge in [-0.25, -0.2) is 0 Å². The van der Waals surface area contributed by atoms with Gasteiger partial charge in [-0.1, -0.05) is 47.5 Å². The Bertz CT molecular complexity index is 1950. The number of thiazole rings is 1. The average molecular weight is 588 g/mol. The molecule has 1 amide bonds. The van der Waals surface area contributed by atoms with Gasteiger partial charge in [0.05, 0.1) is 22.4 Å². The van der Waals surface area contributed by atoms with Crippen LogP contribution < -0.4 is 24.8 Å². The van der Waals surface area contributed by atoms with Crippen LogP contribution >= 0.6 is 34.5 Å². The largest absolute Gasteiger partial charge is 0.497 e. The van der Waals surface area contributed by atoms with E-state index in [-0.39, 0.29) is 14.8 Å². The van der Waals surface area contributed by atoms with Gasteiger partial charge in [-0.15, -0.1) is 11.3 Å². The summed E-state index contributed by atoms with van der Waals surface area (Å²) in [6, 6.07) is 26.0. The van der Waals surface area contributed by atoms with Crippen molar-refractivity contribution in [2.24, 2.45) is 0 Å². The Morgan fingerprint density at radius 1 is 1.05 bits per heavy atom. The number of carbonyl (C=O) groups excluding carboxylic acids is 1. The Labute approximate surface area is 242 Å². The molecule has 0 atom stereocenters. The first-order valence-corrected chi connectivity index (χ1v) is 13.4. The summed E-state index contributed by atoms with van der Waals surface area (Å²) in [5, 5.41) is 13.7. The number of nitriles is 1. The van der Waals surface area contributed by atoms with Crippen molar-refractivity contribution < 1.29 is 13.9 Å². The average Bonchev–Trinajstić information content (AvgIpc) is 3.55. The normalized spacial score (nSPS) is 12.1. The van der Waals surface area contributed by atoms with E-state index >= 15 is 0 Å². The molecule has 0 spiro atoms. The van der Waals surface area contributed by atoms with Crippen LogP contribution in [0, 0.1) is 11.3 Å². The summed E-state index contributed by atoms with van der Waals surface area (Å²) in [6.07, 6.45) is 1.56. The van der Waals surface area contributed by atoms with E-state index in [9.17, 15) is 14.9 Å². The highest BCUT2D eigenvalue weighted by atomic mass is 35.5. The molecule has 0 aliphatic heterocycles. The second-order valence-corrected chi connectivity index (χ2v) is 10.3. The Morgan fingerprint density at radius 2 is 1.85 bits per heavy atom. The van der Waals surface area contributed by atoms with Crippen LogP contribution in [0.3, 0.4) is 0 Å². The Morgan fingerprint density at radius 3 is 2.60 bits per heavy atom. The first-order valence-electron chi connectivity index (χ1n) is 11.8. The molecule has 3 aromatic carbocycles. The quantitative estimate of drug-likeness (QED) is 0.278. The summed E-state index contributed by atoms with van der Waals surface area (Å²) in [7, 11) is 1.52. The summed E-state index contributed by atoms with van der Waals surface area (Å²) < 4.78 is 12.9.